The van der Waals surface area contributed by atoms with Crippen LogP contribution in [-0.2, 0) is 14.8 Å². The first kappa shape index (κ1) is 18.4. The fourth-order valence-corrected chi connectivity index (χ4v) is 2.92. The minimum absolute atomic E-state index is 0.00679. The lowest BCUT2D eigenvalue weighted by Gasteiger charge is -2.22. The fourth-order valence-electron chi connectivity index (χ4n) is 1.95. The second kappa shape index (κ2) is 8.12. The number of rotatable bonds is 8. The number of nitrogens with one attached hydrogen (secondary N) is 1. The number of hydrogen-bond acceptors (Lipinski definition) is 3. The minimum atomic E-state index is -3.60. The second-order valence-corrected chi connectivity index (χ2v) is 7.17. The smallest absolute Gasteiger partial charge is 0.232 e. The molecule has 7 heteroatoms. The molecule has 0 bridgehead atoms. The highest BCUT2D eigenvalue weighted by Crippen LogP contribution is 2.21. The summed E-state index contributed by atoms with van der Waals surface area (Å²) in [5.74, 6) is -0.728. The molecule has 1 rings (SSSR count). The van der Waals surface area contributed by atoms with E-state index in [-0.39, 0.29) is 30.6 Å². The highest BCUT2D eigenvalue weighted by Gasteiger charge is 2.20. The zero-order valence-corrected chi connectivity index (χ0v) is 14.0. The zero-order valence-electron chi connectivity index (χ0n) is 13.2. The van der Waals surface area contributed by atoms with Gasteiger partial charge in [-0.2, -0.15) is 0 Å². The van der Waals surface area contributed by atoms with Gasteiger partial charge in [0.05, 0.1) is 11.9 Å². The van der Waals surface area contributed by atoms with Crippen molar-refractivity contribution in [2.45, 2.75) is 39.2 Å². The summed E-state index contributed by atoms with van der Waals surface area (Å²) < 4.78 is 38.5. The summed E-state index contributed by atoms with van der Waals surface area (Å²) in [5, 5.41) is 2.81. The van der Waals surface area contributed by atoms with Gasteiger partial charge in [0.2, 0.25) is 15.9 Å². The first-order valence-electron chi connectivity index (χ1n) is 7.27. The van der Waals surface area contributed by atoms with Crippen LogP contribution in [0.3, 0.4) is 0 Å². The van der Waals surface area contributed by atoms with Crippen molar-refractivity contribution in [2.24, 2.45) is 0 Å². The van der Waals surface area contributed by atoms with E-state index < -0.39 is 15.8 Å². The average molecular weight is 330 g/mol. The van der Waals surface area contributed by atoms with Crippen LogP contribution in [0.2, 0.25) is 0 Å². The number of nitrogens with zero attached hydrogens (tertiary/aromatic N) is 1. The van der Waals surface area contributed by atoms with E-state index >= 15 is 0 Å². The Labute approximate surface area is 131 Å². The van der Waals surface area contributed by atoms with Crippen LogP contribution in [0, 0.1) is 5.82 Å². The number of carbonyl (C=O) groups excluding carboxylic acids is 1. The molecule has 1 aromatic rings. The van der Waals surface area contributed by atoms with Crippen LogP contribution in [0.4, 0.5) is 10.1 Å². The number of benzene rings is 1. The molecule has 0 aliphatic carbocycles. The lowest BCUT2D eigenvalue weighted by atomic mass is 10.2. The molecule has 0 radical (unpaired) electrons. The molecule has 1 aromatic carbocycles. The molecule has 1 atom stereocenters. The third-order valence-corrected chi connectivity index (χ3v) is 4.49. The Morgan fingerprint density at radius 3 is 2.55 bits per heavy atom. The third kappa shape index (κ3) is 5.63. The third-order valence-electron chi connectivity index (χ3n) is 3.31. The Balaban J connectivity index is 2.70. The van der Waals surface area contributed by atoms with Crippen molar-refractivity contribution in [2.75, 3.05) is 17.1 Å². The van der Waals surface area contributed by atoms with E-state index in [1.54, 1.807) is 6.07 Å². The van der Waals surface area contributed by atoms with E-state index in [0.717, 1.165) is 17.0 Å². The summed E-state index contributed by atoms with van der Waals surface area (Å²) in [6.07, 6.45) is 2.38. The van der Waals surface area contributed by atoms with Crippen molar-refractivity contribution < 1.29 is 17.6 Å². The van der Waals surface area contributed by atoms with Crippen molar-refractivity contribution in [1.29, 1.82) is 0 Å². The van der Waals surface area contributed by atoms with Crippen LogP contribution in [-0.4, -0.2) is 33.2 Å². The predicted molar refractivity (Wildman–Crippen MR) is 85.7 cm³/mol. The Morgan fingerprint density at radius 2 is 2.00 bits per heavy atom. The first-order valence-corrected chi connectivity index (χ1v) is 9.12. The molecule has 1 unspecified atom stereocenters. The van der Waals surface area contributed by atoms with E-state index in [1.165, 1.54) is 18.2 Å². The number of para-hydroxylation sites is 1. The molecular formula is C15H23FN2O3S. The summed E-state index contributed by atoms with van der Waals surface area (Å²) >= 11 is 0. The standard InChI is InChI=1S/C15H23FN2O3S/c1-4-12(2)17-15(19)10-7-11-18(22(3,20)21)14-9-6-5-8-13(14)16/h5-6,8-9,12H,4,7,10-11H2,1-3H3,(H,17,19). The van der Waals surface area contributed by atoms with Gasteiger partial charge in [-0.1, -0.05) is 19.1 Å². The molecule has 0 aliphatic rings. The Kier molecular flexibility index (Phi) is 6.80. The molecule has 1 amide bonds. The summed E-state index contributed by atoms with van der Waals surface area (Å²) in [4.78, 5) is 11.7. The molecule has 0 aromatic heterocycles. The van der Waals surface area contributed by atoms with Gasteiger partial charge in [-0.05, 0) is 31.9 Å². The van der Waals surface area contributed by atoms with Crippen LogP contribution in [0.1, 0.15) is 33.1 Å². The predicted octanol–water partition coefficient (Wildman–Crippen LogP) is 2.29. The fraction of sp³-hybridized carbons (Fsp3) is 0.533. The Bertz CT molecular complexity index is 605. The van der Waals surface area contributed by atoms with Gasteiger partial charge in [0.15, 0.2) is 0 Å². The van der Waals surface area contributed by atoms with E-state index in [9.17, 15) is 17.6 Å². The van der Waals surface area contributed by atoms with Gasteiger partial charge in [-0.25, -0.2) is 12.8 Å². The van der Waals surface area contributed by atoms with E-state index in [0.29, 0.717) is 6.42 Å². The van der Waals surface area contributed by atoms with E-state index in [1.807, 2.05) is 13.8 Å². The Hall–Kier alpha value is -1.63. The average Bonchev–Trinajstić information content (AvgIpc) is 2.43. The summed E-state index contributed by atoms with van der Waals surface area (Å²) in [7, 11) is -3.60. The zero-order chi connectivity index (χ0) is 16.8. The second-order valence-electron chi connectivity index (χ2n) is 5.27. The molecule has 0 saturated carbocycles. The van der Waals surface area contributed by atoms with Crippen molar-refractivity contribution in [3.8, 4) is 0 Å². The van der Waals surface area contributed by atoms with Crippen LogP contribution in [0.5, 0.6) is 0 Å². The molecule has 22 heavy (non-hydrogen) atoms. The molecule has 0 aliphatic heterocycles. The maximum absolute atomic E-state index is 13.8. The summed E-state index contributed by atoms with van der Waals surface area (Å²) in [5.41, 5.74) is 0.00679. The van der Waals surface area contributed by atoms with Gasteiger partial charge in [0, 0.05) is 19.0 Å². The van der Waals surface area contributed by atoms with Crippen molar-refractivity contribution in [1.82, 2.24) is 5.32 Å². The highest BCUT2D eigenvalue weighted by atomic mass is 32.2. The molecule has 0 heterocycles. The number of anilines is 1. The topological polar surface area (TPSA) is 66.5 Å². The highest BCUT2D eigenvalue weighted by molar-refractivity contribution is 7.92. The first-order chi connectivity index (χ1) is 10.3. The molecule has 1 N–H and O–H groups in total. The molecule has 0 spiro atoms. The lowest BCUT2D eigenvalue weighted by Crippen LogP contribution is -2.34. The Morgan fingerprint density at radius 1 is 1.36 bits per heavy atom. The quantitative estimate of drug-likeness (QED) is 0.795. The number of sulfonamides is 1. The maximum atomic E-state index is 13.8. The van der Waals surface area contributed by atoms with Gasteiger partial charge in [-0.3, -0.25) is 9.10 Å². The van der Waals surface area contributed by atoms with Crippen LogP contribution >= 0.6 is 0 Å². The number of amides is 1. The largest absolute Gasteiger partial charge is 0.354 e. The SMILES string of the molecule is CCC(C)NC(=O)CCCN(c1ccccc1F)S(C)(=O)=O. The molecule has 0 saturated heterocycles. The monoisotopic (exact) mass is 330 g/mol. The van der Waals surface area contributed by atoms with Gasteiger partial charge in [0.25, 0.3) is 0 Å². The lowest BCUT2D eigenvalue weighted by molar-refractivity contribution is -0.121. The van der Waals surface area contributed by atoms with Gasteiger partial charge < -0.3 is 5.32 Å². The normalized spacial score (nSPS) is 12.7. The van der Waals surface area contributed by atoms with Gasteiger partial charge in [0.1, 0.15) is 5.82 Å². The molecular weight excluding hydrogens is 307 g/mol. The minimum Gasteiger partial charge on any atom is -0.354 e. The van der Waals surface area contributed by atoms with Gasteiger partial charge in [-0.15, -0.1) is 0 Å². The molecule has 5 nitrogen and oxygen atoms in total. The van der Waals surface area contributed by atoms with Crippen LogP contribution in [0.25, 0.3) is 0 Å². The number of halogens is 1. The van der Waals surface area contributed by atoms with Crippen molar-refractivity contribution >= 4 is 21.6 Å². The van der Waals surface area contributed by atoms with E-state index in [2.05, 4.69) is 5.32 Å². The molecule has 124 valence electrons. The van der Waals surface area contributed by atoms with Crippen LogP contribution < -0.4 is 9.62 Å². The van der Waals surface area contributed by atoms with E-state index in [4.69, 9.17) is 0 Å². The van der Waals surface area contributed by atoms with Crippen molar-refractivity contribution in [3.05, 3.63) is 30.1 Å². The summed E-state index contributed by atoms with van der Waals surface area (Å²) in [6.45, 7) is 3.93. The summed E-state index contributed by atoms with van der Waals surface area (Å²) in [6, 6.07) is 5.79. The van der Waals surface area contributed by atoms with Gasteiger partial charge >= 0.3 is 0 Å². The van der Waals surface area contributed by atoms with Crippen molar-refractivity contribution in [3.63, 3.8) is 0 Å². The number of carbonyl (C=O) groups is 1. The maximum Gasteiger partial charge on any atom is 0.232 e. The molecule has 0 fully saturated rings. The van der Waals surface area contributed by atoms with Crippen LogP contribution in [0.15, 0.2) is 24.3 Å². The number of hydrogen-bond donors (Lipinski definition) is 1.